The minimum atomic E-state index is 0.235. The van der Waals surface area contributed by atoms with E-state index in [1.165, 1.54) is 0 Å². The Morgan fingerprint density at radius 2 is 2.35 bits per heavy atom. The molecule has 0 fully saturated rings. The molecule has 0 aliphatic heterocycles. The smallest absolute Gasteiger partial charge is 0.399 e. The molecule has 2 aromatic heterocycles. The quantitative estimate of drug-likeness (QED) is 0.856. The van der Waals surface area contributed by atoms with Crippen LogP contribution >= 0.6 is 0 Å². The van der Waals surface area contributed by atoms with E-state index in [-0.39, 0.29) is 6.08 Å². The van der Waals surface area contributed by atoms with Crippen molar-refractivity contribution in [2.24, 2.45) is 7.05 Å². The maximum atomic E-state index is 5.40. The largest absolute Gasteiger partial charge is 0.417 e. The van der Waals surface area contributed by atoms with E-state index < -0.39 is 0 Å². The molecule has 0 saturated carbocycles. The third kappa shape index (κ3) is 3.32. The summed E-state index contributed by atoms with van der Waals surface area (Å²) in [6.07, 6.45) is 5.17. The molecule has 0 unspecified atom stereocenters. The van der Waals surface area contributed by atoms with Crippen LogP contribution in [0.5, 0.6) is 11.8 Å². The van der Waals surface area contributed by atoms with Gasteiger partial charge in [0.05, 0.1) is 18.1 Å². The van der Waals surface area contributed by atoms with Crippen LogP contribution in [0.15, 0.2) is 23.1 Å². The molecule has 0 aliphatic carbocycles. The molecule has 0 bridgehead atoms. The molecule has 0 aromatic carbocycles. The van der Waals surface area contributed by atoms with E-state index in [0.717, 1.165) is 5.69 Å². The maximum Gasteiger partial charge on any atom is 0.399 e. The molecule has 6 nitrogen and oxygen atoms in total. The number of aromatic nitrogens is 3. The molecule has 92 valence electrons. The summed E-state index contributed by atoms with van der Waals surface area (Å²) in [4.78, 5) is 4.20. The van der Waals surface area contributed by atoms with Crippen molar-refractivity contribution in [1.82, 2.24) is 20.1 Å². The molecule has 2 rings (SSSR count). The number of nitrogens with zero attached hydrogens (tertiary/aromatic N) is 3. The molecule has 0 saturated heterocycles. The predicted octanol–water partition coefficient (Wildman–Crippen LogP) is 1.70. The van der Waals surface area contributed by atoms with Crippen LogP contribution in [0.3, 0.4) is 0 Å². The Hall–Kier alpha value is -1.82. The normalized spacial score (nSPS) is 11.1. The monoisotopic (exact) mass is 236 g/mol. The number of rotatable bonds is 5. The summed E-state index contributed by atoms with van der Waals surface area (Å²) in [6.45, 7) is 4.82. The number of aryl methyl sites for hydroxylation is 1. The van der Waals surface area contributed by atoms with Crippen LogP contribution in [0.2, 0.25) is 0 Å². The molecule has 6 heteroatoms. The van der Waals surface area contributed by atoms with Crippen molar-refractivity contribution in [3.8, 4) is 11.8 Å². The number of hydrogen-bond donors (Lipinski definition) is 1. The fraction of sp³-hybridized carbons (Fsp3) is 0.455. The van der Waals surface area contributed by atoms with Gasteiger partial charge in [-0.1, -0.05) is 13.8 Å². The summed E-state index contributed by atoms with van der Waals surface area (Å²) in [5, 5.41) is 7.24. The van der Waals surface area contributed by atoms with E-state index in [1.807, 2.05) is 7.05 Å². The number of nitrogens with one attached hydrogen (secondary N) is 1. The molecule has 0 amide bonds. The zero-order valence-electron chi connectivity index (χ0n) is 10.2. The first-order valence-corrected chi connectivity index (χ1v) is 5.48. The fourth-order valence-corrected chi connectivity index (χ4v) is 1.28. The molecule has 1 N–H and O–H groups in total. The van der Waals surface area contributed by atoms with Gasteiger partial charge < -0.3 is 14.5 Å². The predicted molar refractivity (Wildman–Crippen MR) is 61.8 cm³/mol. The van der Waals surface area contributed by atoms with E-state index in [4.69, 9.17) is 9.15 Å². The first-order chi connectivity index (χ1) is 8.13. The van der Waals surface area contributed by atoms with Crippen LogP contribution in [0.1, 0.15) is 19.5 Å². The summed E-state index contributed by atoms with van der Waals surface area (Å²) >= 11 is 0. The lowest BCUT2D eigenvalue weighted by Gasteiger charge is -2.03. The Balaban J connectivity index is 1.94. The standard InChI is InChI=1S/C11H16N4O2/c1-8(2)12-4-9-7-16-11(14-9)17-10-5-13-15(3)6-10/h5-8,12H,4H2,1-3H3. The summed E-state index contributed by atoms with van der Waals surface area (Å²) in [6, 6.07) is 0.411. The highest BCUT2D eigenvalue weighted by atomic mass is 16.6. The van der Waals surface area contributed by atoms with E-state index >= 15 is 0 Å². The van der Waals surface area contributed by atoms with Gasteiger partial charge in [0, 0.05) is 19.6 Å². The molecule has 2 heterocycles. The van der Waals surface area contributed by atoms with Crippen LogP contribution in [-0.2, 0) is 13.6 Å². The SMILES string of the molecule is CC(C)NCc1coc(Oc2cnn(C)c2)n1. The van der Waals surface area contributed by atoms with Gasteiger partial charge in [-0.2, -0.15) is 10.1 Å². The van der Waals surface area contributed by atoms with Crippen molar-refractivity contribution in [2.75, 3.05) is 0 Å². The second kappa shape index (κ2) is 5.01. The zero-order chi connectivity index (χ0) is 12.3. The Labute approximate surface area is 99.6 Å². The second-order valence-electron chi connectivity index (χ2n) is 4.09. The van der Waals surface area contributed by atoms with Gasteiger partial charge in [-0.25, -0.2) is 0 Å². The first-order valence-electron chi connectivity index (χ1n) is 5.48. The van der Waals surface area contributed by atoms with Crippen LogP contribution in [0, 0.1) is 0 Å². The lowest BCUT2D eigenvalue weighted by molar-refractivity contribution is 0.330. The second-order valence-corrected chi connectivity index (χ2v) is 4.09. The molecule has 0 radical (unpaired) electrons. The van der Waals surface area contributed by atoms with Gasteiger partial charge in [-0.3, -0.25) is 4.68 Å². The first kappa shape index (κ1) is 11.7. The Morgan fingerprint density at radius 1 is 1.53 bits per heavy atom. The van der Waals surface area contributed by atoms with Crippen LogP contribution < -0.4 is 10.1 Å². The Morgan fingerprint density at radius 3 is 3.00 bits per heavy atom. The fourth-order valence-electron chi connectivity index (χ4n) is 1.28. The summed E-state index contributed by atoms with van der Waals surface area (Å²) < 4.78 is 12.2. The lowest BCUT2D eigenvalue weighted by Crippen LogP contribution is -2.21. The third-order valence-corrected chi connectivity index (χ3v) is 2.11. The van der Waals surface area contributed by atoms with E-state index in [2.05, 4.69) is 29.2 Å². The minimum Gasteiger partial charge on any atom is -0.417 e. The molecular formula is C11H16N4O2. The van der Waals surface area contributed by atoms with Crippen molar-refractivity contribution >= 4 is 0 Å². The maximum absolute atomic E-state index is 5.40. The van der Waals surface area contributed by atoms with Gasteiger partial charge in [0.1, 0.15) is 6.26 Å². The Kier molecular flexibility index (Phi) is 3.43. The zero-order valence-corrected chi connectivity index (χ0v) is 10.2. The topological polar surface area (TPSA) is 65.1 Å². The van der Waals surface area contributed by atoms with Crippen molar-refractivity contribution in [3.05, 3.63) is 24.4 Å². The number of oxazole rings is 1. The van der Waals surface area contributed by atoms with Crippen molar-refractivity contribution in [3.63, 3.8) is 0 Å². The van der Waals surface area contributed by atoms with E-state index in [1.54, 1.807) is 23.3 Å². The summed E-state index contributed by atoms with van der Waals surface area (Å²) in [5.74, 6) is 0.609. The molecule has 0 atom stereocenters. The van der Waals surface area contributed by atoms with Crippen molar-refractivity contribution in [2.45, 2.75) is 26.4 Å². The van der Waals surface area contributed by atoms with Crippen molar-refractivity contribution in [1.29, 1.82) is 0 Å². The van der Waals surface area contributed by atoms with E-state index in [0.29, 0.717) is 18.3 Å². The van der Waals surface area contributed by atoms with Gasteiger partial charge in [0.25, 0.3) is 0 Å². The van der Waals surface area contributed by atoms with Gasteiger partial charge in [0.15, 0.2) is 5.75 Å². The summed E-state index contributed by atoms with van der Waals surface area (Å²) in [7, 11) is 1.82. The Bertz CT molecular complexity index is 475. The number of hydrogen-bond acceptors (Lipinski definition) is 5. The highest BCUT2D eigenvalue weighted by Gasteiger charge is 2.07. The molecule has 2 aromatic rings. The van der Waals surface area contributed by atoms with Crippen LogP contribution in [-0.4, -0.2) is 20.8 Å². The summed E-state index contributed by atoms with van der Waals surface area (Å²) in [5.41, 5.74) is 0.817. The average molecular weight is 236 g/mol. The molecule has 17 heavy (non-hydrogen) atoms. The molecule has 0 aliphatic rings. The number of ether oxygens (including phenoxy) is 1. The van der Waals surface area contributed by atoms with Gasteiger partial charge >= 0.3 is 6.08 Å². The highest BCUT2D eigenvalue weighted by Crippen LogP contribution is 2.19. The van der Waals surface area contributed by atoms with Gasteiger partial charge in [-0.05, 0) is 0 Å². The van der Waals surface area contributed by atoms with Gasteiger partial charge in [0.2, 0.25) is 0 Å². The van der Waals surface area contributed by atoms with Gasteiger partial charge in [-0.15, -0.1) is 0 Å². The third-order valence-electron chi connectivity index (χ3n) is 2.11. The van der Waals surface area contributed by atoms with Crippen molar-refractivity contribution < 1.29 is 9.15 Å². The highest BCUT2D eigenvalue weighted by molar-refractivity contribution is 5.16. The van der Waals surface area contributed by atoms with Crippen LogP contribution in [0.25, 0.3) is 0 Å². The lowest BCUT2D eigenvalue weighted by atomic mass is 10.4. The molecular weight excluding hydrogens is 220 g/mol. The minimum absolute atomic E-state index is 0.235. The average Bonchev–Trinajstić information content (AvgIpc) is 2.86. The van der Waals surface area contributed by atoms with E-state index in [9.17, 15) is 0 Å². The molecule has 0 spiro atoms. The van der Waals surface area contributed by atoms with Crippen LogP contribution in [0.4, 0.5) is 0 Å².